The van der Waals surface area contributed by atoms with Gasteiger partial charge in [-0.3, -0.25) is 0 Å². The van der Waals surface area contributed by atoms with Crippen LogP contribution in [0.25, 0.3) is 81.3 Å². The Morgan fingerprint density at radius 2 is 1.32 bits per heavy atom. The van der Waals surface area contributed by atoms with Gasteiger partial charge in [0.25, 0.3) is 0 Å². The van der Waals surface area contributed by atoms with Crippen molar-refractivity contribution in [2.45, 2.75) is 0 Å². The Morgan fingerprint density at radius 3 is 2.22 bits per heavy atom. The predicted octanol–water partition coefficient (Wildman–Crippen LogP) is 10.6. The molecule has 0 aliphatic rings. The molecule has 4 heteroatoms. The average Bonchev–Trinajstić information content (AvgIpc) is 3.72. The second-order valence-electron chi connectivity index (χ2n) is 10.4. The summed E-state index contributed by atoms with van der Waals surface area (Å²) in [6.07, 6.45) is 0. The summed E-state index contributed by atoms with van der Waals surface area (Å²) < 4.78 is 9.98. The number of fused-ring (bicyclic) bond motifs is 7. The third-order valence-corrected chi connectivity index (χ3v) is 9.10. The molecule has 0 aliphatic heterocycles. The van der Waals surface area contributed by atoms with E-state index in [1.807, 2.05) is 18.2 Å². The molecule has 192 valence electrons. The van der Waals surface area contributed by atoms with Crippen molar-refractivity contribution in [2.24, 2.45) is 0 Å². The summed E-state index contributed by atoms with van der Waals surface area (Å²) in [5, 5.41) is 5.73. The fourth-order valence-corrected chi connectivity index (χ4v) is 7.15. The van der Waals surface area contributed by atoms with E-state index in [9.17, 15) is 0 Å². The molecule has 0 N–H and O–H groups in total. The summed E-state index contributed by atoms with van der Waals surface area (Å²) >= 11 is 1.72. The zero-order chi connectivity index (χ0) is 26.9. The van der Waals surface area contributed by atoms with E-state index in [-0.39, 0.29) is 0 Å². The van der Waals surface area contributed by atoms with Gasteiger partial charge in [-0.05, 0) is 71.8 Å². The van der Waals surface area contributed by atoms with Gasteiger partial charge in [-0.25, -0.2) is 4.98 Å². The predicted molar refractivity (Wildman–Crippen MR) is 172 cm³/mol. The van der Waals surface area contributed by atoms with Gasteiger partial charge in [0, 0.05) is 32.8 Å². The molecule has 9 rings (SSSR count). The number of nitrogens with zero attached hydrogens (tertiary/aromatic N) is 2. The topological polar surface area (TPSA) is 31.0 Å². The molecular weight excluding hydrogens is 520 g/mol. The Labute approximate surface area is 239 Å². The molecule has 0 aliphatic carbocycles. The number of thiazole rings is 1. The second-order valence-corrected chi connectivity index (χ2v) is 11.4. The van der Waals surface area contributed by atoms with Gasteiger partial charge in [0.2, 0.25) is 0 Å². The summed E-state index contributed by atoms with van der Waals surface area (Å²) in [6, 6.07) is 47.2. The molecule has 41 heavy (non-hydrogen) atoms. The number of rotatable bonds is 3. The largest absolute Gasteiger partial charge is 0.456 e. The van der Waals surface area contributed by atoms with Gasteiger partial charge < -0.3 is 8.98 Å². The second kappa shape index (κ2) is 8.65. The van der Waals surface area contributed by atoms with Gasteiger partial charge >= 0.3 is 0 Å². The molecular formula is C37H22N2OS. The third-order valence-electron chi connectivity index (χ3n) is 8.02. The van der Waals surface area contributed by atoms with E-state index in [4.69, 9.17) is 9.40 Å². The number of hydrogen-bond acceptors (Lipinski definition) is 3. The van der Waals surface area contributed by atoms with Gasteiger partial charge in [-0.15, -0.1) is 11.3 Å². The number of hydrogen-bond donors (Lipinski definition) is 0. The maximum atomic E-state index is 6.44. The first-order valence-corrected chi connectivity index (χ1v) is 14.5. The summed E-state index contributed by atoms with van der Waals surface area (Å²) in [5.74, 6) is 0. The molecule has 0 spiro atoms. The monoisotopic (exact) mass is 542 g/mol. The van der Waals surface area contributed by atoms with E-state index in [0.717, 1.165) is 54.8 Å². The zero-order valence-electron chi connectivity index (χ0n) is 21.9. The van der Waals surface area contributed by atoms with Crippen molar-refractivity contribution in [1.82, 2.24) is 9.55 Å². The van der Waals surface area contributed by atoms with Crippen LogP contribution in [-0.4, -0.2) is 9.55 Å². The lowest BCUT2D eigenvalue weighted by Crippen LogP contribution is -1.92. The average molecular weight is 543 g/mol. The zero-order valence-corrected chi connectivity index (χ0v) is 22.7. The maximum Gasteiger partial charge on any atom is 0.136 e. The molecule has 9 aromatic rings. The normalized spacial score (nSPS) is 11.9. The molecule has 3 nitrogen and oxygen atoms in total. The van der Waals surface area contributed by atoms with Gasteiger partial charge in [0.15, 0.2) is 0 Å². The van der Waals surface area contributed by atoms with Crippen molar-refractivity contribution < 1.29 is 4.42 Å². The lowest BCUT2D eigenvalue weighted by molar-refractivity contribution is 0.669. The van der Waals surface area contributed by atoms with Crippen molar-refractivity contribution in [2.75, 3.05) is 0 Å². The van der Waals surface area contributed by atoms with E-state index < -0.39 is 0 Å². The molecule has 3 aromatic heterocycles. The highest BCUT2D eigenvalue weighted by Crippen LogP contribution is 2.43. The number of para-hydroxylation sites is 4. The van der Waals surface area contributed by atoms with Gasteiger partial charge in [0.1, 0.15) is 16.2 Å². The minimum absolute atomic E-state index is 0.879. The Morgan fingerprint density at radius 1 is 0.561 bits per heavy atom. The highest BCUT2D eigenvalue weighted by atomic mass is 32.1. The van der Waals surface area contributed by atoms with Gasteiger partial charge in [-0.1, -0.05) is 72.8 Å². The smallest absolute Gasteiger partial charge is 0.136 e. The fourth-order valence-electron chi connectivity index (χ4n) is 6.20. The number of aromatic nitrogens is 2. The molecule has 0 radical (unpaired) electrons. The summed E-state index contributed by atoms with van der Waals surface area (Å²) in [4.78, 5) is 4.98. The quantitative estimate of drug-likeness (QED) is 0.222. The van der Waals surface area contributed by atoms with Crippen LogP contribution in [0.3, 0.4) is 0 Å². The van der Waals surface area contributed by atoms with Crippen LogP contribution in [-0.2, 0) is 0 Å². The number of furan rings is 1. The fraction of sp³-hybridized carbons (Fsp3) is 0. The summed E-state index contributed by atoms with van der Waals surface area (Å²) in [5.41, 5.74) is 9.73. The van der Waals surface area contributed by atoms with Crippen molar-refractivity contribution >= 4 is 65.3 Å². The van der Waals surface area contributed by atoms with Crippen molar-refractivity contribution in [3.63, 3.8) is 0 Å². The molecule has 0 bridgehead atoms. The Balaban J connectivity index is 1.35. The summed E-state index contributed by atoms with van der Waals surface area (Å²) in [7, 11) is 0. The van der Waals surface area contributed by atoms with Crippen molar-refractivity contribution in [3.8, 4) is 27.4 Å². The van der Waals surface area contributed by atoms with Gasteiger partial charge in [0.05, 0.1) is 21.3 Å². The van der Waals surface area contributed by atoms with Crippen LogP contribution < -0.4 is 0 Å². The molecule has 3 heterocycles. The highest BCUT2D eigenvalue weighted by Gasteiger charge is 2.19. The molecule has 0 atom stereocenters. The van der Waals surface area contributed by atoms with E-state index in [1.54, 1.807) is 11.3 Å². The first-order chi connectivity index (χ1) is 20.3. The molecule has 0 saturated carbocycles. The number of benzene rings is 6. The van der Waals surface area contributed by atoms with Crippen LogP contribution in [0.15, 0.2) is 138 Å². The van der Waals surface area contributed by atoms with Crippen molar-refractivity contribution in [3.05, 3.63) is 133 Å². The summed E-state index contributed by atoms with van der Waals surface area (Å²) in [6.45, 7) is 0. The lowest BCUT2D eigenvalue weighted by Gasteiger charge is -2.09. The first-order valence-electron chi connectivity index (χ1n) is 13.7. The van der Waals surface area contributed by atoms with Crippen LogP contribution in [0.5, 0.6) is 0 Å². The maximum absolute atomic E-state index is 6.44. The minimum Gasteiger partial charge on any atom is -0.456 e. The molecule has 0 saturated heterocycles. The van der Waals surface area contributed by atoms with Crippen molar-refractivity contribution in [1.29, 1.82) is 0 Å². The Bertz CT molecular complexity index is 2390. The van der Waals surface area contributed by atoms with E-state index in [1.165, 1.54) is 26.5 Å². The van der Waals surface area contributed by atoms with Crippen LogP contribution in [0.2, 0.25) is 0 Å². The minimum atomic E-state index is 0.879. The SMILES string of the molecule is c1ccc(-n2c3ccccc3c3cc(-c4cc(-c5nc6ccccc6s5)cc5oc6ccccc6c45)ccc32)cc1. The van der Waals surface area contributed by atoms with Crippen LogP contribution in [0.1, 0.15) is 0 Å². The molecule has 0 unspecified atom stereocenters. The van der Waals surface area contributed by atoms with E-state index in [2.05, 4.69) is 120 Å². The Kier molecular flexibility index (Phi) is 4.77. The van der Waals surface area contributed by atoms with Gasteiger partial charge in [-0.2, -0.15) is 0 Å². The van der Waals surface area contributed by atoms with E-state index in [0.29, 0.717) is 0 Å². The molecule has 0 fully saturated rings. The molecule has 0 amide bonds. The van der Waals surface area contributed by atoms with E-state index >= 15 is 0 Å². The Hall–Kier alpha value is -5.19. The van der Waals surface area contributed by atoms with Crippen LogP contribution in [0, 0.1) is 0 Å². The lowest BCUT2D eigenvalue weighted by atomic mass is 9.96. The van der Waals surface area contributed by atoms with Crippen LogP contribution >= 0.6 is 11.3 Å². The first kappa shape index (κ1) is 22.6. The molecule has 6 aromatic carbocycles. The third kappa shape index (κ3) is 3.41. The standard InChI is InChI=1S/C37H22N2OS/c1-2-10-25(11-3-1)39-31-15-7-4-12-26(31)29-20-23(18-19-32(29)39)28-21-24(37-38-30-14-6-9-17-35(30)41-37)22-34-36(28)27-13-5-8-16-33(27)40-34/h1-22H. The van der Waals surface area contributed by atoms with Crippen LogP contribution in [0.4, 0.5) is 0 Å². The highest BCUT2D eigenvalue weighted by molar-refractivity contribution is 7.21.